The number of rotatable bonds is 13. The highest BCUT2D eigenvalue weighted by molar-refractivity contribution is 8.21. The quantitative estimate of drug-likeness (QED) is 0.196. The number of thioether (sulfide) groups is 4. The Kier molecular flexibility index (Phi) is 12.0. The van der Waals surface area contributed by atoms with Crippen LogP contribution in [0.25, 0.3) is 0 Å². The Morgan fingerprint density at radius 3 is 2.19 bits per heavy atom. The van der Waals surface area contributed by atoms with Crippen LogP contribution in [0.1, 0.15) is 65.7 Å². The van der Waals surface area contributed by atoms with Crippen LogP contribution in [0.4, 0.5) is 0 Å². The Hall–Kier alpha value is 0.180. The topological polar surface area (TPSA) is 64.6 Å². The Labute approximate surface area is 275 Å². The lowest BCUT2D eigenvalue weighted by Crippen LogP contribution is -2.57. The van der Waals surface area contributed by atoms with Crippen LogP contribution in [0.15, 0.2) is 24.3 Å². The van der Waals surface area contributed by atoms with Crippen molar-refractivity contribution in [1.29, 1.82) is 0 Å². The van der Waals surface area contributed by atoms with E-state index >= 15 is 0 Å². The smallest absolute Gasteiger partial charge is 0.184 e. The first kappa shape index (κ1) is 34.5. The minimum Gasteiger partial charge on any atom is -0.497 e. The Bertz CT molecular complexity index is 1020. The Morgan fingerprint density at radius 1 is 0.907 bits per heavy atom. The maximum absolute atomic E-state index is 7.02. The third-order valence-corrected chi connectivity index (χ3v) is 16.4. The molecule has 4 saturated heterocycles. The maximum Gasteiger partial charge on any atom is 0.184 e. The second-order valence-corrected chi connectivity index (χ2v) is 19.0. The van der Waals surface area contributed by atoms with E-state index in [0.29, 0.717) is 12.5 Å². The van der Waals surface area contributed by atoms with Crippen LogP contribution in [0.2, 0.25) is 0 Å². The fraction of sp³-hybridized carbons (Fsp3) is 0.812. The molecule has 1 aromatic rings. The number of ether oxygens (including phenoxy) is 7. The van der Waals surface area contributed by atoms with E-state index in [2.05, 4.69) is 56.4 Å². The fourth-order valence-corrected chi connectivity index (χ4v) is 13.4. The van der Waals surface area contributed by atoms with Gasteiger partial charge in [-0.2, -0.15) is 0 Å². The molecular weight excluding hydrogens is 625 g/mol. The molecule has 5 rings (SSSR count). The summed E-state index contributed by atoms with van der Waals surface area (Å²) in [5.41, 5.74) is 1.00. The van der Waals surface area contributed by atoms with Crippen molar-refractivity contribution in [1.82, 2.24) is 0 Å². The predicted molar refractivity (Wildman–Crippen MR) is 180 cm³/mol. The van der Waals surface area contributed by atoms with Crippen molar-refractivity contribution >= 4 is 47.0 Å². The van der Waals surface area contributed by atoms with E-state index in [1.807, 2.05) is 49.5 Å². The number of hydrogen-bond donors (Lipinski definition) is 0. The lowest BCUT2D eigenvalue weighted by molar-refractivity contribution is -0.266. The fourth-order valence-electron chi connectivity index (χ4n) is 6.63. The number of hydrogen-bond acceptors (Lipinski definition) is 11. The molecule has 0 bridgehead atoms. The van der Waals surface area contributed by atoms with Gasteiger partial charge < -0.3 is 33.2 Å². The van der Waals surface area contributed by atoms with Crippen molar-refractivity contribution in [2.24, 2.45) is 11.8 Å². The zero-order valence-electron chi connectivity index (χ0n) is 26.7. The summed E-state index contributed by atoms with van der Waals surface area (Å²) in [5.74, 6) is 5.57. The van der Waals surface area contributed by atoms with Crippen molar-refractivity contribution in [2.75, 3.05) is 50.6 Å². The minimum atomic E-state index is -0.543. The van der Waals surface area contributed by atoms with Crippen molar-refractivity contribution in [2.45, 2.75) is 98.5 Å². The van der Waals surface area contributed by atoms with Crippen LogP contribution in [-0.4, -0.2) is 89.0 Å². The monoisotopic (exact) mass is 674 g/mol. The molecular formula is C32H50O7S4. The van der Waals surface area contributed by atoms with E-state index in [-0.39, 0.29) is 45.3 Å². The van der Waals surface area contributed by atoms with E-state index < -0.39 is 12.1 Å². The second kappa shape index (κ2) is 14.9. The van der Waals surface area contributed by atoms with Gasteiger partial charge in [0.05, 0.1) is 42.2 Å². The van der Waals surface area contributed by atoms with E-state index in [1.54, 1.807) is 14.2 Å². The summed E-state index contributed by atoms with van der Waals surface area (Å²) in [7, 11) is 3.39. The Balaban J connectivity index is 1.42. The van der Waals surface area contributed by atoms with Gasteiger partial charge in [-0.3, -0.25) is 0 Å². The zero-order chi connectivity index (χ0) is 30.7. The molecule has 4 aliphatic heterocycles. The van der Waals surface area contributed by atoms with Crippen LogP contribution in [0.5, 0.6) is 5.75 Å². The van der Waals surface area contributed by atoms with E-state index in [9.17, 15) is 0 Å². The summed E-state index contributed by atoms with van der Waals surface area (Å²) in [6.45, 7) is 12.0. The molecule has 0 aromatic heterocycles. The molecule has 4 aliphatic rings. The summed E-state index contributed by atoms with van der Waals surface area (Å²) in [4.78, 5) is 0. The molecule has 1 spiro atoms. The summed E-state index contributed by atoms with van der Waals surface area (Å²) >= 11 is 8.19. The third-order valence-electron chi connectivity index (χ3n) is 9.02. The molecule has 0 N–H and O–H groups in total. The number of methoxy groups -OCH3 is 2. The summed E-state index contributed by atoms with van der Waals surface area (Å²) in [6, 6.07) is 8.08. The molecule has 0 saturated carbocycles. The van der Waals surface area contributed by atoms with Gasteiger partial charge in [0.15, 0.2) is 12.1 Å². The highest BCUT2D eigenvalue weighted by Gasteiger charge is 2.58. The van der Waals surface area contributed by atoms with Crippen LogP contribution < -0.4 is 4.74 Å². The van der Waals surface area contributed by atoms with Crippen LogP contribution in [0.3, 0.4) is 0 Å². The molecule has 0 aliphatic carbocycles. The SMILES string of the molecule is COCO[C@@H](C[C@@H](C)C1(C)SCCS1)C[C@H]1O[C@@H](c2ccc(OC)cc2)O[C@@H]([C@H](C)C[C@@H]2COC(C)(C)O2)C12SCCS2. The van der Waals surface area contributed by atoms with Crippen molar-refractivity contribution < 1.29 is 33.2 Å². The molecule has 4 fully saturated rings. The van der Waals surface area contributed by atoms with Gasteiger partial charge in [0, 0.05) is 42.1 Å². The van der Waals surface area contributed by atoms with E-state index in [0.717, 1.165) is 42.1 Å². The van der Waals surface area contributed by atoms with Gasteiger partial charge in [-0.15, -0.1) is 47.0 Å². The van der Waals surface area contributed by atoms with Gasteiger partial charge in [-0.05, 0) is 57.6 Å². The van der Waals surface area contributed by atoms with Crippen molar-refractivity contribution in [3.8, 4) is 5.75 Å². The molecule has 0 radical (unpaired) electrons. The third kappa shape index (κ3) is 8.19. The van der Waals surface area contributed by atoms with Gasteiger partial charge in [0.2, 0.25) is 0 Å². The summed E-state index contributed by atoms with van der Waals surface area (Å²) in [6.07, 6.45) is 2.08. The summed E-state index contributed by atoms with van der Waals surface area (Å²) < 4.78 is 43.5. The largest absolute Gasteiger partial charge is 0.497 e. The van der Waals surface area contributed by atoms with Crippen molar-refractivity contribution in [3.05, 3.63) is 29.8 Å². The van der Waals surface area contributed by atoms with Crippen molar-refractivity contribution in [3.63, 3.8) is 0 Å². The first-order valence-electron chi connectivity index (χ1n) is 15.5. The number of benzene rings is 1. The molecule has 7 nitrogen and oxygen atoms in total. The predicted octanol–water partition coefficient (Wildman–Crippen LogP) is 7.43. The van der Waals surface area contributed by atoms with Gasteiger partial charge in [0.25, 0.3) is 0 Å². The molecule has 43 heavy (non-hydrogen) atoms. The maximum atomic E-state index is 7.02. The average molecular weight is 675 g/mol. The van der Waals surface area contributed by atoms with Crippen LogP contribution in [-0.2, 0) is 28.4 Å². The lowest BCUT2D eigenvalue weighted by atomic mass is 9.88. The highest BCUT2D eigenvalue weighted by Crippen LogP contribution is 2.58. The standard InChI is InChI=1S/C32H50O7S4/c1-21(16-26-19-36-30(3,4)39-26)28-32(42-14-15-43-32)27(37-29(38-28)23-8-10-24(34-7)11-9-23)18-25(35-20-33-6)17-22(2)31(5)40-12-13-41-31/h8-11,21-22,25-29H,12-20H2,1-7H3/t21-,22-,25+,26-,27-,28+,29-/m1/s1. The minimum absolute atomic E-state index is 0.00943. The lowest BCUT2D eigenvalue weighted by Gasteiger charge is -2.51. The molecule has 0 unspecified atom stereocenters. The van der Waals surface area contributed by atoms with Gasteiger partial charge in [-0.1, -0.05) is 26.0 Å². The highest BCUT2D eigenvalue weighted by atomic mass is 32.2. The van der Waals surface area contributed by atoms with Gasteiger partial charge in [-0.25, -0.2) is 0 Å². The van der Waals surface area contributed by atoms with E-state index in [4.69, 9.17) is 33.2 Å². The molecule has 4 heterocycles. The zero-order valence-corrected chi connectivity index (χ0v) is 30.0. The molecule has 11 heteroatoms. The van der Waals surface area contributed by atoms with E-state index in [1.165, 1.54) is 11.5 Å². The van der Waals surface area contributed by atoms with Gasteiger partial charge in [0.1, 0.15) is 16.6 Å². The molecule has 244 valence electrons. The second-order valence-electron chi connectivity index (χ2n) is 12.6. The molecule has 7 atom stereocenters. The summed E-state index contributed by atoms with van der Waals surface area (Å²) in [5, 5.41) is 0. The van der Waals surface area contributed by atoms with Crippen LogP contribution >= 0.6 is 47.0 Å². The molecule has 1 aromatic carbocycles. The normalized spacial score (nSPS) is 31.7. The first-order chi connectivity index (χ1) is 20.6. The average Bonchev–Trinajstić information content (AvgIpc) is 3.74. The van der Waals surface area contributed by atoms with Crippen LogP contribution in [0, 0.1) is 11.8 Å². The first-order valence-corrected chi connectivity index (χ1v) is 19.4. The van der Waals surface area contributed by atoms with Gasteiger partial charge >= 0.3 is 0 Å². The Morgan fingerprint density at radius 2 is 1.58 bits per heavy atom. The molecule has 0 amide bonds.